The normalized spacial score (nSPS) is 12.0. The van der Waals surface area contributed by atoms with Crippen molar-refractivity contribution in [3.05, 3.63) is 35.4 Å². The van der Waals surface area contributed by atoms with Gasteiger partial charge in [-0.2, -0.15) is 0 Å². The summed E-state index contributed by atoms with van der Waals surface area (Å²) >= 11 is 0. The smallest absolute Gasteiger partial charge is 0.251 e. The van der Waals surface area contributed by atoms with E-state index in [1.165, 1.54) is 0 Å². The Balaban J connectivity index is 2.45. The Morgan fingerprint density at radius 1 is 1.11 bits per heavy atom. The van der Waals surface area contributed by atoms with E-state index in [-0.39, 0.29) is 36.7 Å². The van der Waals surface area contributed by atoms with E-state index in [1.807, 2.05) is 38.9 Å². The van der Waals surface area contributed by atoms with Gasteiger partial charge in [0.2, 0.25) is 11.8 Å². The van der Waals surface area contributed by atoms with Crippen LogP contribution in [0.4, 0.5) is 0 Å². The Labute approximate surface area is 160 Å². The number of rotatable bonds is 10. The average molecular weight is 377 g/mol. The molecule has 0 bridgehead atoms. The minimum atomic E-state index is -0.638. The number of carbonyl (C=O) groups is 3. The fraction of sp³-hybridized carbons (Fsp3) is 0.526. The maximum Gasteiger partial charge on any atom is 0.251 e. The van der Waals surface area contributed by atoms with Crippen LogP contribution < -0.4 is 21.7 Å². The predicted molar refractivity (Wildman–Crippen MR) is 105 cm³/mol. The number of hydrogen-bond donors (Lipinski definition) is 4. The molecule has 0 radical (unpaired) electrons. The standard InChI is InChI=1S/C19H31N5O3/c1-13(2)17(20)19(27)23-12-16(25)22-11-14-6-5-7-15(10-14)18(26)21-8-9-24(3)4/h5-7,10,13,17H,8-9,11-12,20H2,1-4H3,(H,21,26)(H,22,25)(H,23,27)/t17-/m0/s1. The zero-order chi connectivity index (χ0) is 20.4. The average Bonchev–Trinajstić information content (AvgIpc) is 2.63. The molecule has 1 aromatic rings. The summed E-state index contributed by atoms with van der Waals surface area (Å²) in [7, 11) is 3.88. The summed E-state index contributed by atoms with van der Waals surface area (Å²) in [6.45, 7) is 5.13. The van der Waals surface area contributed by atoms with Crippen LogP contribution in [0.1, 0.15) is 29.8 Å². The van der Waals surface area contributed by atoms with Gasteiger partial charge in [-0.1, -0.05) is 26.0 Å². The fourth-order valence-corrected chi connectivity index (χ4v) is 2.17. The molecule has 0 unspecified atom stereocenters. The quantitative estimate of drug-likeness (QED) is 0.446. The van der Waals surface area contributed by atoms with Crippen LogP contribution in [0.3, 0.4) is 0 Å². The zero-order valence-electron chi connectivity index (χ0n) is 16.5. The van der Waals surface area contributed by atoms with E-state index in [0.29, 0.717) is 12.1 Å². The van der Waals surface area contributed by atoms with E-state index in [0.717, 1.165) is 12.1 Å². The highest BCUT2D eigenvalue weighted by atomic mass is 16.2. The Kier molecular flexibility index (Phi) is 9.46. The lowest BCUT2D eigenvalue weighted by molar-refractivity contribution is -0.127. The second kappa shape index (κ2) is 11.3. The highest BCUT2D eigenvalue weighted by molar-refractivity contribution is 5.94. The molecule has 1 rings (SSSR count). The largest absolute Gasteiger partial charge is 0.351 e. The molecular formula is C19H31N5O3. The van der Waals surface area contributed by atoms with Gasteiger partial charge in [0, 0.05) is 25.2 Å². The van der Waals surface area contributed by atoms with Gasteiger partial charge in [-0.3, -0.25) is 14.4 Å². The van der Waals surface area contributed by atoms with Gasteiger partial charge in [0.05, 0.1) is 12.6 Å². The number of benzene rings is 1. The molecule has 0 heterocycles. The number of nitrogens with one attached hydrogen (secondary N) is 3. The third kappa shape index (κ3) is 8.65. The summed E-state index contributed by atoms with van der Waals surface area (Å²) in [6.07, 6.45) is 0. The van der Waals surface area contributed by atoms with Crippen molar-refractivity contribution in [3.8, 4) is 0 Å². The lowest BCUT2D eigenvalue weighted by atomic mass is 10.1. The van der Waals surface area contributed by atoms with Gasteiger partial charge in [0.1, 0.15) is 0 Å². The molecule has 1 aromatic carbocycles. The minimum absolute atomic E-state index is 0.000303. The van der Waals surface area contributed by atoms with Crippen LogP contribution in [0.15, 0.2) is 24.3 Å². The van der Waals surface area contributed by atoms with E-state index in [2.05, 4.69) is 16.0 Å². The van der Waals surface area contributed by atoms with Crippen molar-refractivity contribution in [2.24, 2.45) is 11.7 Å². The van der Waals surface area contributed by atoms with E-state index >= 15 is 0 Å². The molecule has 0 aromatic heterocycles. The molecule has 3 amide bonds. The van der Waals surface area contributed by atoms with Gasteiger partial charge in [-0.25, -0.2) is 0 Å². The molecule has 0 aliphatic rings. The molecule has 0 aliphatic carbocycles. The monoisotopic (exact) mass is 377 g/mol. The first-order valence-electron chi connectivity index (χ1n) is 9.02. The third-order valence-corrected chi connectivity index (χ3v) is 3.97. The number of hydrogen-bond acceptors (Lipinski definition) is 5. The van der Waals surface area contributed by atoms with Crippen molar-refractivity contribution in [1.82, 2.24) is 20.9 Å². The molecule has 150 valence electrons. The molecule has 1 atom stereocenters. The molecule has 8 nitrogen and oxygen atoms in total. The van der Waals surface area contributed by atoms with Crippen LogP contribution >= 0.6 is 0 Å². The van der Waals surface area contributed by atoms with Crippen molar-refractivity contribution in [2.75, 3.05) is 33.7 Å². The number of nitrogens with zero attached hydrogens (tertiary/aromatic N) is 1. The van der Waals surface area contributed by atoms with Crippen LogP contribution in [-0.2, 0) is 16.1 Å². The second-order valence-electron chi connectivity index (χ2n) is 7.02. The molecule has 0 aliphatic heterocycles. The third-order valence-electron chi connectivity index (χ3n) is 3.97. The summed E-state index contributed by atoms with van der Waals surface area (Å²) in [5, 5.41) is 8.08. The number of nitrogens with two attached hydrogens (primary N) is 1. The van der Waals surface area contributed by atoms with Crippen LogP contribution in [0, 0.1) is 5.92 Å². The first kappa shape index (κ1) is 22.6. The summed E-state index contributed by atoms with van der Waals surface area (Å²) in [5.41, 5.74) is 7.06. The second-order valence-corrected chi connectivity index (χ2v) is 7.02. The first-order chi connectivity index (χ1) is 12.7. The van der Waals surface area contributed by atoms with Crippen LogP contribution in [0.25, 0.3) is 0 Å². The predicted octanol–water partition coefficient (Wildman–Crippen LogP) is -0.306. The minimum Gasteiger partial charge on any atom is -0.351 e. The summed E-state index contributed by atoms with van der Waals surface area (Å²) in [5.74, 6) is -0.823. The van der Waals surface area contributed by atoms with Crippen LogP contribution in [-0.4, -0.2) is 62.4 Å². The van der Waals surface area contributed by atoms with Crippen LogP contribution in [0.5, 0.6) is 0 Å². The molecule has 27 heavy (non-hydrogen) atoms. The maximum atomic E-state index is 12.1. The van der Waals surface area contributed by atoms with E-state index in [9.17, 15) is 14.4 Å². The molecule has 0 saturated carbocycles. The number of carbonyl (C=O) groups excluding carboxylic acids is 3. The molecule has 0 fully saturated rings. The van der Waals surface area contributed by atoms with Gasteiger partial charge in [0.25, 0.3) is 5.91 Å². The van der Waals surface area contributed by atoms with Crippen molar-refractivity contribution in [1.29, 1.82) is 0 Å². The van der Waals surface area contributed by atoms with E-state index in [1.54, 1.807) is 18.2 Å². The zero-order valence-corrected chi connectivity index (χ0v) is 16.5. The van der Waals surface area contributed by atoms with Gasteiger partial charge >= 0.3 is 0 Å². The van der Waals surface area contributed by atoms with E-state index in [4.69, 9.17) is 5.73 Å². The lowest BCUT2D eigenvalue weighted by Gasteiger charge is -2.15. The van der Waals surface area contributed by atoms with Crippen LogP contribution in [0.2, 0.25) is 0 Å². The molecule has 5 N–H and O–H groups in total. The SMILES string of the molecule is CC(C)[C@H](N)C(=O)NCC(=O)NCc1cccc(C(=O)NCCN(C)C)c1. The highest BCUT2D eigenvalue weighted by Crippen LogP contribution is 2.05. The molecule has 0 saturated heterocycles. The van der Waals surface area contributed by atoms with Gasteiger partial charge in [0.15, 0.2) is 0 Å². The van der Waals surface area contributed by atoms with Gasteiger partial charge in [-0.05, 0) is 37.7 Å². The number of amides is 3. The van der Waals surface area contributed by atoms with Crippen molar-refractivity contribution in [3.63, 3.8) is 0 Å². The molecular weight excluding hydrogens is 346 g/mol. The van der Waals surface area contributed by atoms with Crippen molar-refractivity contribution < 1.29 is 14.4 Å². The van der Waals surface area contributed by atoms with Crippen molar-refractivity contribution in [2.45, 2.75) is 26.4 Å². The van der Waals surface area contributed by atoms with Gasteiger partial charge in [-0.15, -0.1) is 0 Å². The lowest BCUT2D eigenvalue weighted by Crippen LogP contribution is -2.47. The Bertz CT molecular complexity index is 646. The van der Waals surface area contributed by atoms with E-state index < -0.39 is 6.04 Å². The molecule has 0 spiro atoms. The topological polar surface area (TPSA) is 117 Å². The Morgan fingerprint density at radius 3 is 2.44 bits per heavy atom. The Morgan fingerprint density at radius 2 is 1.81 bits per heavy atom. The van der Waals surface area contributed by atoms with Crippen molar-refractivity contribution >= 4 is 17.7 Å². The number of likely N-dealkylation sites (N-methyl/N-ethyl adjacent to an activating group) is 1. The van der Waals surface area contributed by atoms with Gasteiger partial charge < -0.3 is 26.6 Å². The first-order valence-corrected chi connectivity index (χ1v) is 9.02. The summed E-state index contributed by atoms with van der Waals surface area (Å²) < 4.78 is 0. The summed E-state index contributed by atoms with van der Waals surface area (Å²) in [6, 6.07) is 6.42. The fourth-order valence-electron chi connectivity index (χ4n) is 2.17. The highest BCUT2D eigenvalue weighted by Gasteiger charge is 2.17. The maximum absolute atomic E-state index is 12.1. The summed E-state index contributed by atoms with van der Waals surface area (Å²) in [4.78, 5) is 37.8. The Hall–Kier alpha value is -2.45. The molecule has 8 heteroatoms.